The van der Waals surface area contributed by atoms with E-state index in [4.69, 9.17) is 11.6 Å². The van der Waals surface area contributed by atoms with Gasteiger partial charge < -0.3 is 10.6 Å². The molecule has 2 aromatic carbocycles. The zero-order chi connectivity index (χ0) is 13.8. The molecular formula is C17H19ClN2. The monoisotopic (exact) mass is 286 g/mol. The number of hydrogen-bond donors (Lipinski definition) is 2. The van der Waals surface area contributed by atoms with E-state index in [9.17, 15) is 0 Å². The Morgan fingerprint density at radius 3 is 2.70 bits per heavy atom. The first-order valence-corrected chi connectivity index (χ1v) is 7.51. The molecular weight excluding hydrogens is 268 g/mol. The third kappa shape index (κ3) is 2.97. The van der Waals surface area contributed by atoms with Crippen LogP contribution in [0.25, 0.3) is 0 Å². The largest absolute Gasteiger partial charge is 0.385 e. The number of aryl methyl sites for hydroxylation is 1. The van der Waals surface area contributed by atoms with Crippen molar-refractivity contribution in [3.8, 4) is 0 Å². The summed E-state index contributed by atoms with van der Waals surface area (Å²) in [5, 5.41) is 7.84. The number of para-hydroxylation sites is 1. The number of nitrogens with one attached hydrogen (secondary N) is 2. The summed E-state index contributed by atoms with van der Waals surface area (Å²) >= 11 is 6.17. The van der Waals surface area contributed by atoms with Crippen LogP contribution in [0.1, 0.15) is 23.1 Å². The van der Waals surface area contributed by atoms with E-state index in [1.165, 1.54) is 29.7 Å². The van der Waals surface area contributed by atoms with Gasteiger partial charge in [0.05, 0.1) is 0 Å². The van der Waals surface area contributed by atoms with Crippen LogP contribution in [0.3, 0.4) is 0 Å². The molecule has 3 heteroatoms. The van der Waals surface area contributed by atoms with E-state index in [1.807, 2.05) is 18.2 Å². The fraction of sp³-hybridized carbons (Fsp3) is 0.294. The van der Waals surface area contributed by atoms with Crippen LogP contribution >= 0.6 is 11.6 Å². The van der Waals surface area contributed by atoms with Crippen LogP contribution in [0, 0.1) is 0 Å². The minimum atomic E-state index is 0.795. The second-order valence-electron chi connectivity index (χ2n) is 5.18. The number of fused-ring (bicyclic) bond motifs is 1. The van der Waals surface area contributed by atoms with Gasteiger partial charge in [0, 0.05) is 30.3 Å². The zero-order valence-electron chi connectivity index (χ0n) is 11.5. The highest BCUT2D eigenvalue weighted by Crippen LogP contribution is 2.26. The summed E-state index contributed by atoms with van der Waals surface area (Å²) in [6.07, 6.45) is 2.41. The zero-order valence-corrected chi connectivity index (χ0v) is 12.2. The molecule has 0 aliphatic carbocycles. The number of hydrogen-bond acceptors (Lipinski definition) is 2. The second-order valence-corrected chi connectivity index (χ2v) is 5.58. The van der Waals surface area contributed by atoms with Crippen LogP contribution in [0.2, 0.25) is 5.02 Å². The lowest BCUT2D eigenvalue weighted by Gasteiger charge is -2.21. The van der Waals surface area contributed by atoms with Crippen LogP contribution in [0.5, 0.6) is 0 Å². The first-order valence-electron chi connectivity index (χ1n) is 7.13. The van der Waals surface area contributed by atoms with Crippen molar-refractivity contribution in [1.29, 1.82) is 0 Å². The minimum Gasteiger partial charge on any atom is -0.385 e. The molecule has 0 radical (unpaired) electrons. The lowest BCUT2D eigenvalue weighted by Crippen LogP contribution is -2.18. The van der Waals surface area contributed by atoms with E-state index in [0.717, 1.165) is 30.2 Å². The Labute approximate surface area is 125 Å². The Balaban J connectivity index is 1.66. The van der Waals surface area contributed by atoms with Gasteiger partial charge in [0.15, 0.2) is 0 Å². The predicted molar refractivity (Wildman–Crippen MR) is 85.2 cm³/mol. The third-order valence-electron chi connectivity index (χ3n) is 3.75. The van der Waals surface area contributed by atoms with Crippen LogP contribution in [-0.4, -0.2) is 6.54 Å². The summed E-state index contributed by atoms with van der Waals surface area (Å²) in [5.74, 6) is 0. The van der Waals surface area contributed by atoms with Gasteiger partial charge in [0.25, 0.3) is 0 Å². The molecule has 0 saturated heterocycles. The van der Waals surface area contributed by atoms with Crippen molar-refractivity contribution in [2.75, 3.05) is 11.9 Å². The molecule has 0 unspecified atom stereocenters. The lowest BCUT2D eigenvalue weighted by atomic mass is 9.99. The Morgan fingerprint density at radius 1 is 1.00 bits per heavy atom. The van der Waals surface area contributed by atoms with E-state index in [-0.39, 0.29) is 0 Å². The molecule has 0 amide bonds. The van der Waals surface area contributed by atoms with Gasteiger partial charge in [0.1, 0.15) is 0 Å². The van der Waals surface area contributed by atoms with E-state index < -0.39 is 0 Å². The Bertz CT molecular complexity index is 595. The van der Waals surface area contributed by atoms with Gasteiger partial charge in [-0.25, -0.2) is 0 Å². The van der Waals surface area contributed by atoms with Gasteiger partial charge in [0.2, 0.25) is 0 Å². The van der Waals surface area contributed by atoms with Crippen molar-refractivity contribution >= 4 is 17.3 Å². The second kappa shape index (κ2) is 6.29. The molecule has 0 saturated carbocycles. The molecule has 1 aliphatic heterocycles. The van der Waals surface area contributed by atoms with Crippen LogP contribution in [0.4, 0.5) is 5.69 Å². The molecule has 1 aliphatic rings. The van der Waals surface area contributed by atoms with E-state index >= 15 is 0 Å². The summed E-state index contributed by atoms with van der Waals surface area (Å²) in [6.45, 7) is 2.74. The molecule has 1 heterocycles. The molecule has 104 valence electrons. The maximum Gasteiger partial charge on any atom is 0.0450 e. The van der Waals surface area contributed by atoms with E-state index in [2.05, 4.69) is 34.9 Å². The molecule has 3 rings (SSSR count). The van der Waals surface area contributed by atoms with Crippen LogP contribution < -0.4 is 10.6 Å². The standard InChI is InChI=1S/C17H19ClN2/c18-16-9-2-1-5-14(16)11-19-12-15-7-3-6-13-8-4-10-20-17(13)15/h1-3,5-7,9,19-20H,4,8,10-12H2. The fourth-order valence-corrected chi connectivity index (χ4v) is 2.90. The smallest absolute Gasteiger partial charge is 0.0450 e. The van der Waals surface area contributed by atoms with Crippen molar-refractivity contribution in [2.24, 2.45) is 0 Å². The van der Waals surface area contributed by atoms with Gasteiger partial charge in [-0.05, 0) is 35.6 Å². The molecule has 0 fully saturated rings. The Hall–Kier alpha value is -1.51. The van der Waals surface area contributed by atoms with Gasteiger partial charge >= 0.3 is 0 Å². The lowest BCUT2D eigenvalue weighted by molar-refractivity contribution is 0.690. The number of halogens is 1. The highest BCUT2D eigenvalue weighted by molar-refractivity contribution is 6.31. The third-order valence-corrected chi connectivity index (χ3v) is 4.12. The van der Waals surface area contributed by atoms with Crippen molar-refractivity contribution in [3.63, 3.8) is 0 Å². The summed E-state index contributed by atoms with van der Waals surface area (Å²) < 4.78 is 0. The maximum absolute atomic E-state index is 6.17. The number of anilines is 1. The molecule has 2 N–H and O–H groups in total. The highest BCUT2D eigenvalue weighted by atomic mass is 35.5. The highest BCUT2D eigenvalue weighted by Gasteiger charge is 2.11. The van der Waals surface area contributed by atoms with Crippen LogP contribution in [-0.2, 0) is 19.5 Å². The summed E-state index contributed by atoms with van der Waals surface area (Å²) in [5.41, 5.74) is 5.25. The first kappa shape index (κ1) is 13.5. The molecule has 20 heavy (non-hydrogen) atoms. The molecule has 0 aromatic heterocycles. The number of benzene rings is 2. The molecule has 2 nitrogen and oxygen atoms in total. The van der Waals surface area contributed by atoms with E-state index in [0.29, 0.717) is 0 Å². The van der Waals surface area contributed by atoms with E-state index in [1.54, 1.807) is 0 Å². The topological polar surface area (TPSA) is 24.1 Å². The van der Waals surface area contributed by atoms with Gasteiger partial charge in [-0.15, -0.1) is 0 Å². The average molecular weight is 287 g/mol. The Morgan fingerprint density at radius 2 is 1.80 bits per heavy atom. The predicted octanol–water partition coefficient (Wildman–Crippen LogP) is 3.99. The van der Waals surface area contributed by atoms with Gasteiger partial charge in [-0.2, -0.15) is 0 Å². The van der Waals surface area contributed by atoms with Crippen molar-refractivity contribution in [3.05, 3.63) is 64.2 Å². The number of rotatable bonds is 4. The van der Waals surface area contributed by atoms with Gasteiger partial charge in [-0.3, -0.25) is 0 Å². The quantitative estimate of drug-likeness (QED) is 0.888. The molecule has 2 aromatic rings. The summed E-state index contributed by atoms with van der Waals surface area (Å²) in [4.78, 5) is 0. The first-order chi connectivity index (χ1) is 9.84. The average Bonchev–Trinajstić information content (AvgIpc) is 2.49. The summed E-state index contributed by atoms with van der Waals surface area (Å²) in [6, 6.07) is 14.5. The summed E-state index contributed by atoms with van der Waals surface area (Å²) in [7, 11) is 0. The molecule has 0 spiro atoms. The molecule has 0 atom stereocenters. The maximum atomic E-state index is 6.17. The SMILES string of the molecule is Clc1ccccc1CNCc1cccc2c1NCCC2. The fourth-order valence-electron chi connectivity index (χ4n) is 2.70. The minimum absolute atomic E-state index is 0.795. The van der Waals surface area contributed by atoms with Crippen molar-refractivity contribution in [1.82, 2.24) is 5.32 Å². The van der Waals surface area contributed by atoms with Crippen molar-refractivity contribution < 1.29 is 0 Å². The normalized spacial score (nSPS) is 13.7. The van der Waals surface area contributed by atoms with Crippen LogP contribution in [0.15, 0.2) is 42.5 Å². The molecule has 0 bridgehead atoms. The van der Waals surface area contributed by atoms with Gasteiger partial charge in [-0.1, -0.05) is 48.0 Å². The van der Waals surface area contributed by atoms with Crippen molar-refractivity contribution in [2.45, 2.75) is 25.9 Å². The Kier molecular flexibility index (Phi) is 4.24.